The SMILES string of the molecule is COc1cc(-c2cc(Cl)ccc2C(F)F)c(C#N)cn1. The Morgan fingerprint density at radius 1 is 1.30 bits per heavy atom. The lowest BCUT2D eigenvalue weighted by molar-refractivity contribution is 0.152. The summed E-state index contributed by atoms with van der Waals surface area (Å²) in [6.45, 7) is 0. The number of ether oxygens (including phenoxy) is 1. The van der Waals surface area contributed by atoms with Crippen LogP contribution in [0.1, 0.15) is 17.6 Å². The molecular formula is C14H9ClF2N2O. The molecule has 0 saturated carbocycles. The topological polar surface area (TPSA) is 45.9 Å². The van der Waals surface area contributed by atoms with Crippen LogP contribution in [0, 0.1) is 11.3 Å². The monoisotopic (exact) mass is 294 g/mol. The van der Waals surface area contributed by atoms with Gasteiger partial charge in [-0.3, -0.25) is 0 Å². The molecule has 0 radical (unpaired) electrons. The fourth-order valence-electron chi connectivity index (χ4n) is 1.81. The second kappa shape index (κ2) is 5.85. The molecule has 0 atom stereocenters. The van der Waals surface area contributed by atoms with Crippen LogP contribution in [0.2, 0.25) is 5.02 Å². The first-order valence-corrected chi connectivity index (χ1v) is 5.96. The van der Waals surface area contributed by atoms with E-state index in [1.165, 1.54) is 37.6 Å². The van der Waals surface area contributed by atoms with E-state index in [0.29, 0.717) is 10.6 Å². The average molecular weight is 295 g/mol. The van der Waals surface area contributed by atoms with Crippen molar-refractivity contribution in [3.63, 3.8) is 0 Å². The molecule has 0 spiro atoms. The predicted molar refractivity (Wildman–Crippen MR) is 70.9 cm³/mol. The Labute approximate surface area is 119 Å². The van der Waals surface area contributed by atoms with Crippen LogP contribution in [0.25, 0.3) is 11.1 Å². The van der Waals surface area contributed by atoms with Crippen LogP contribution in [-0.4, -0.2) is 12.1 Å². The smallest absolute Gasteiger partial charge is 0.264 e. The minimum Gasteiger partial charge on any atom is -0.481 e. The number of methoxy groups -OCH3 is 1. The maximum absolute atomic E-state index is 13.1. The van der Waals surface area contributed by atoms with Gasteiger partial charge in [0.2, 0.25) is 5.88 Å². The largest absolute Gasteiger partial charge is 0.481 e. The lowest BCUT2D eigenvalue weighted by atomic mass is 9.97. The molecular weight excluding hydrogens is 286 g/mol. The molecule has 3 nitrogen and oxygen atoms in total. The summed E-state index contributed by atoms with van der Waals surface area (Å²) in [4.78, 5) is 3.89. The molecule has 6 heteroatoms. The summed E-state index contributed by atoms with van der Waals surface area (Å²) in [5, 5.41) is 9.40. The number of hydrogen-bond donors (Lipinski definition) is 0. The van der Waals surface area contributed by atoms with Gasteiger partial charge in [0.1, 0.15) is 6.07 Å². The second-order valence-electron chi connectivity index (χ2n) is 3.92. The first kappa shape index (κ1) is 14.2. The molecule has 0 saturated heterocycles. The van der Waals surface area contributed by atoms with E-state index in [-0.39, 0.29) is 22.6 Å². The molecule has 2 aromatic rings. The quantitative estimate of drug-likeness (QED) is 0.851. The number of pyridine rings is 1. The Kier molecular flexibility index (Phi) is 4.16. The van der Waals surface area contributed by atoms with Crippen molar-refractivity contribution in [2.75, 3.05) is 7.11 Å². The number of rotatable bonds is 3. The van der Waals surface area contributed by atoms with Crippen LogP contribution in [-0.2, 0) is 0 Å². The number of alkyl halides is 2. The molecule has 1 heterocycles. The Bertz CT molecular complexity index is 683. The maximum Gasteiger partial charge on any atom is 0.264 e. The molecule has 2 rings (SSSR count). The van der Waals surface area contributed by atoms with E-state index in [4.69, 9.17) is 21.6 Å². The predicted octanol–water partition coefficient (Wildman–Crippen LogP) is 4.22. The van der Waals surface area contributed by atoms with E-state index in [1.807, 2.05) is 6.07 Å². The zero-order valence-electron chi connectivity index (χ0n) is 10.4. The van der Waals surface area contributed by atoms with Crippen LogP contribution < -0.4 is 4.74 Å². The zero-order valence-corrected chi connectivity index (χ0v) is 11.2. The molecule has 0 bridgehead atoms. The first-order chi connectivity index (χ1) is 9.56. The first-order valence-electron chi connectivity index (χ1n) is 5.59. The number of benzene rings is 1. The van der Waals surface area contributed by atoms with Gasteiger partial charge < -0.3 is 4.74 Å². The summed E-state index contributed by atoms with van der Waals surface area (Å²) in [6.07, 6.45) is -1.39. The number of nitriles is 1. The minimum atomic E-state index is -2.67. The maximum atomic E-state index is 13.1. The van der Waals surface area contributed by atoms with Crippen LogP contribution in [0.4, 0.5) is 8.78 Å². The lowest BCUT2D eigenvalue weighted by Crippen LogP contribution is -1.96. The zero-order chi connectivity index (χ0) is 14.7. The third kappa shape index (κ3) is 2.70. The van der Waals surface area contributed by atoms with Gasteiger partial charge in [-0.2, -0.15) is 5.26 Å². The van der Waals surface area contributed by atoms with Gasteiger partial charge in [-0.1, -0.05) is 17.7 Å². The van der Waals surface area contributed by atoms with Crippen molar-refractivity contribution in [1.29, 1.82) is 5.26 Å². The third-order valence-electron chi connectivity index (χ3n) is 2.75. The summed E-state index contributed by atoms with van der Waals surface area (Å²) in [5.74, 6) is 0.235. The molecule has 1 aromatic carbocycles. The van der Waals surface area contributed by atoms with Crippen molar-refractivity contribution in [3.05, 3.63) is 46.6 Å². The van der Waals surface area contributed by atoms with Crippen molar-refractivity contribution >= 4 is 11.6 Å². The van der Waals surface area contributed by atoms with Gasteiger partial charge in [0.15, 0.2) is 0 Å². The Balaban J connectivity index is 2.73. The lowest BCUT2D eigenvalue weighted by Gasteiger charge is -2.12. The van der Waals surface area contributed by atoms with Crippen LogP contribution in [0.15, 0.2) is 30.5 Å². The molecule has 0 unspecified atom stereocenters. The van der Waals surface area contributed by atoms with Gasteiger partial charge in [-0.25, -0.2) is 13.8 Å². The average Bonchev–Trinajstić information content (AvgIpc) is 2.46. The van der Waals surface area contributed by atoms with Crippen LogP contribution in [0.3, 0.4) is 0 Å². The van der Waals surface area contributed by atoms with Crippen molar-refractivity contribution in [2.45, 2.75) is 6.43 Å². The summed E-state index contributed by atoms with van der Waals surface area (Å²) in [6, 6.07) is 7.40. The van der Waals surface area contributed by atoms with Crippen molar-refractivity contribution < 1.29 is 13.5 Å². The molecule has 0 N–H and O–H groups in total. The molecule has 0 aliphatic carbocycles. The number of halogens is 3. The van der Waals surface area contributed by atoms with Crippen molar-refractivity contribution in [2.24, 2.45) is 0 Å². The highest BCUT2D eigenvalue weighted by Gasteiger charge is 2.18. The molecule has 0 aliphatic heterocycles. The van der Waals surface area contributed by atoms with Crippen LogP contribution in [0.5, 0.6) is 5.88 Å². The van der Waals surface area contributed by atoms with Crippen molar-refractivity contribution in [1.82, 2.24) is 4.98 Å². The van der Waals surface area contributed by atoms with E-state index < -0.39 is 6.43 Å². The Hall–Kier alpha value is -2.19. The fraction of sp³-hybridized carbons (Fsp3) is 0.143. The van der Waals surface area contributed by atoms with Crippen molar-refractivity contribution in [3.8, 4) is 23.1 Å². The molecule has 1 aromatic heterocycles. The highest BCUT2D eigenvalue weighted by Crippen LogP contribution is 2.35. The fourth-order valence-corrected chi connectivity index (χ4v) is 1.98. The van der Waals surface area contributed by atoms with Gasteiger partial charge in [-0.15, -0.1) is 0 Å². The highest BCUT2D eigenvalue weighted by atomic mass is 35.5. The van der Waals surface area contributed by atoms with E-state index in [2.05, 4.69) is 4.98 Å². The van der Waals surface area contributed by atoms with E-state index >= 15 is 0 Å². The van der Waals surface area contributed by atoms with Gasteiger partial charge >= 0.3 is 0 Å². The van der Waals surface area contributed by atoms with Crippen LogP contribution >= 0.6 is 11.6 Å². The molecule has 20 heavy (non-hydrogen) atoms. The summed E-state index contributed by atoms with van der Waals surface area (Å²) in [5.41, 5.74) is 0.496. The number of hydrogen-bond acceptors (Lipinski definition) is 3. The summed E-state index contributed by atoms with van der Waals surface area (Å²) in [7, 11) is 1.41. The molecule has 102 valence electrons. The van der Waals surface area contributed by atoms with Gasteiger partial charge in [0, 0.05) is 28.4 Å². The van der Waals surface area contributed by atoms with E-state index in [9.17, 15) is 8.78 Å². The van der Waals surface area contributed by atoms with Gasteiger partial charge in [-0.05, 0) is 17.7 Å². The van der Waals surface area contributed by atoms with Gasteiger partial charge in [0.25, 0.3) is 6.43 Å². The number of aromatic nitrogens is 1. The molecule has 0 amide bonds. The molecule has 0 aliphatic rings. The third-order valence-corrected chi connectivity index (χ3v) is 2.98. The highest BCUT2D eigenvalue weighted by molar-refractivity contribution is 6.30. The minimum absolute atomic E-state index is 0.176. The normalized spacial score (nSPS) is 10.4. The molecule has 0 fully saturated rings. The summed E-state index contributed by atoms with van der Waals surface area (Å²) >= 11 is 5.87. The Morgan fingerprint density at radius 3 is 2.65 bits per heavy atom. The Morgan fingerprint density at radius 2 is 2.05 bits per heavy atom. The van der Waals surface area contributed by atoms with Gasteiger partial charge in [0.05, 0.1) is 12.7 Å². The van der Waals surface area contributed by atoms with E-state index in [0.717, 1.165) is 0 Å². The van der Waals surface area contributed by atoms with E-state index in [1.54, 1.807) is 0 Å². The number of nitrogens with zero attached hydrogens (tertiary/aromatic N) is 2. The second-order valence-corrected chi connectivity index (χ2v) is 4.35. The standard InChI is InChI=1S/C14H9ClF2N2O/c1-20-13-5-11(8(6-18)7-19-13)12-4-9(15)2-3-10(12)14(16)17/h2-5,7,14H,1H3. The summed E-state index contributed by atoms with van der Waals surface area (Å²) < 4.78 is 31.1.